The fourth-order valence-corrected chi connectivity index (χ4v) is 3.14. The number of sulfonamides is 1. The minimum absolute atomic E-state index is 0.0255. The topological polar surface area (TPSA) is 93.3 Å². The Morgan fingerprint density at radius 3 is 2.12 bits per heavy atom. The number of primary sulfonamides is 1. The number of pyridine rings is 1. The summed E-state index contributed by atoms with van der Waals surface area (Å²) in [4.78, 5) is 3.68. The van der Waals surface area contributed by atoms with Gasteiger partial charge in [0.25, 0.3) is 0 Å². The van der Waals surface area contributed by atoms with Crippen LogP contribution in [0.2, 0.25) is 0 Å². The van der Waals surface area contributed by atoms with E-state index in [0.29, 0.717) is 5.56 Å². The van der Waals surface area contributed by atoms with E-state index in [9.17, 15) is 17.9 Å². The number of halogens is 1. The highest BCUT2D eigenvalue weighted by molar-refractivity contribution is 7.89. The summed E-state index contributed by atoms with van der Waals surface area (Å²) in [6.45, 7) is -0.0586. The Bertz CT molecular complexity index is 917. The van der Waals surface area contributed by atoms with Gasteiger partial charge >= 0.3 is 0 Å². The molecule has 1 aromatic carbocycles. The van der Waals surface area contributed by atoms with Crippen LogP contribution >= 0.6 is 0 Å². The molecule has 124 valence electrons. The van der Waals surface area contributed by atoms with Crippen molar-refractivity contribution in [2.75, 3.05) is 6.61 Å². The minimum Gasteiger partial charge on any atom is -0.395 e. The number of aliphatic hydroxyl groups excluding tert-OH is 1. The summed E-state index contributed by atoms with van der Waals surface area (Å²) in [5.74, 6) is -0.739. The Kier molecular flexibility index (Phi) is 4.31. The molecule has 1 unspecified atom stereocenters. The van der Waals surface area contributed by atoms with E-state index in [0.717, 1.165) is 16.7 Å². The second-order valence-electron chi connectivity index (χ2n) is 5.45. The third kappa shape index (κ3) is 3.28. The molecule has 0 saturated heterocycles. The van der Waals surface area contributed by atoms with E-state index in [4.69, 9.17) is 5.14 Å². The standard InChI is InChI=1S/C17H15FN2O3S/c18-17-6-3-13(9-20-17)16-8-11(10-21)7-15(16)12-1-4-14(5-2-12)24(19,22)23/h1-9,11,21H,10H2,(H2,19,22,23). The van der Waals surface area contributed by atoms with E-state index in [2.05, 4.69) is 4.98 Å². The molecule has 7 heteroatoms. The second kappa shape index (κ2) is 6.27. The lowest BCUT2D eigenvalue weighted by Crippen LogP contribution is -2.11. The van der Waals surface area contributed by atoms with Crippen LogP contribution in [0.3, 0.4) is 0 Å². The van der Waals surface area contributed by atoms with Crippen LogP contribution in [0.4, 0.5) is 4.39 Å². The monoisotopic (exact) mass is 346 g/mol. The molecule has 3 N–H and O–H groups in total. The highest BCUT2D eigenvalue weighted by Crippen LogP contribution is 2.38. The minimum atomic E-state index is -3.75. The molecule has 0 bridgehead atoms. The maximum Gasteiger partial charge on any atom is 0.238 e. The lowest BCUT2D eigenvalue weighted by atomic mass is 9.96. The van der Waals surface area contributed by atoms with Crippen LogP contribution in [0.25, 0.3) is 11.1 Å². The molecule has 24 heavy (non-hydrogen) atoms. The van der Waals surface area contributed by atoms with E-state index in [1.54, 1.807) is 18.2 Å². The van der Waals surface area contributed by atoms with Crippen LogP contribution in [0.5, 0.6) is 0 Å². The quantitative estimate of drug-likeness (QED) is 0.828. The van der Waals surface area contributed by atoms with Crippen LogP contribution in [0.15, 0.2) is 59.6 Å². The summed E-state index contributed by atoms with van der Waals surface area (Å²) in [7, 11) is -3.75. The van der Waals surface area contributed by atoms with Crippen LogP contribution < -0.4 is 5.14 Å². The van der Waals surface area contributed by atoms with Crippen molar-refractivity contribution in [2.45, 2.75) is 4.90 Å². The SMILES string of the molecule is NS(=O)(=O)c1ccc(C2=CC(CO)C=C2c2ccc(F)nc2)cc1. The number of hydrogen-bond donors (Lipinski definition) is 2. The molecule has 0 spiro atoms. The normalized spacial score (nSPS) is 17.5. The molecule has 1 aliphatic rings. The maximum atomic E-state index is 13.0. The maximum absolute atomic E-state index is 13.0. The first-order valence-corrected chi connectivity index (χ1v) is 8.73. The van der Waals surface area contributed by atoms with Crippen molar-refractivity contribution >= 4 is 21.2 Å². The molecule has 0 aliphatic heterocycles. The molecule has 0 amide bonds. The van der Waals surface area contributed by atoms with Gasteiger partial charge in [-0.05, 0) is 41.0 Å². The average Bonchev–Trinajstić information content (AvgIpc) is 2.99. The molecule has 0 saturated carbocycles. The van der Waals surface area contributed by atoms with Crippen LogP contribution in [-0.4, -0.2) is 25.1 Å². The number of hydrogen-bond acceptors (Lipinski definition) is 4. The Labute approximate surface area is 139 Å². The number of aromatic nitrogens is 1. The van der Waals surface area contributed by atoms with E-state index >= 15 is 0 Å². The van der Waals surface area contributed by atoms with Crippen LogP contribution in [-0.2, 0) is 10.0 Å². The average molecular weight is 346 g/mol. The van der Waals surface area contributed by atoms with Crippen molar-refractivity contribution in [3.63, 3.8) is 0 Å². The van der Waals surface area contributed by atoms with Gasteiger partial charge in [0.2, 0.25) is 16.0 Å². The fraction of sp³-hybridized carbons (Fsp3) is 0.118. The first-order chi connectivity index (χ1) is 11.4. The Morgan fingerprint density at radius 1 is 1.04 bits per heavy atom. The highest BCUT2D eigenvalue weighted by Gasteiger charge is 2.20. The van der Waals surface area contributed by atoms with Crippen molar-refractivity contribution in [3.05, 3.63) is 71.8 Å². The first-order valence-electron chi connectivity index (χ1n) is 7.18. The summed E-state index contributed by atoms with van der Waals surface area (Å²) in [5.41, 5.74) is 3.12. The van der Waals surface area contributed by atoms with Gasteiger partial charge in [0.15, 0.2) is 0 Å². The zero-order valence-corrected chi connectivity index (χ0v) is 13.4. The highest BCUT2D eigenvalue weighted by atomic mass is 32.2. The molecular formula is C17H15FN2O3S. The lowest BCUT2D eigenvalue weighted by molar-refractivity contribution is 0.275. The van der Waals surface area contributed by atoms with E-state index in [-0.39, 0.29) is 17.4 Å². The summed E-state index contributed by atoms with van der Waals surface area (Å²) in [5, 5.41) is 14.5. The zero-order valence-electron chi connectivity index (χ0n) is 12.6. The molecule has 0 fully saturated rings. The van der Waals surface area contributed by atoms with Crippen molar-refractivity contribution in [1.29, 1.82) is 0 Å². The predicted molar refractivity (Wildman–Crippen MR) is 88.5 cm³/mol. The molecule has 1 aromatic heterocycles. The van der Waals surface area contributed by atoms with E-state index in [1.165, 1.54) is 24.4 Å². The summed E-state index contributed by atoms with van der Waals surface area (Å²) in [6.07, 6.45) is 5.18. The summed E-state index contributed by atoms with van der Waals surface area (Å²) < 4.78 is 35.8. The van der Waals surface area contributed by atoms with Gasteiger partial charge in [0.05, 0.1) is 11.5 Å². The molecule has 3 rings (SSSR count). The molecular weight excluding hydrogens is 331 g/mol. The molecule has 5 nitrogen and oxygen atoms in total. The van der Waals surface area contributed by atoms with Gasteiger partial charge in [0, 0.05) is 17.7 Å². The predicted octanol–water partition coefficient (Wildman–Crippen LogP) is 1.96. The van der Waals surface area contributed by atoms with Gasteiger partial charge in [-0.15, -0.1) is 0 Å². The Morgan fingerprint density at radius 2 is 1.62 bits per heavy atom. The van der Waals surface area contributed by atoms with Crippen molar-refractivity contribution in [2.24, 2.45) is 11.1 Å². The molecule has 0 radical (unpaired) electrons. The van der Waals surface area contributed by atoms with E-state index < -0.39 is 16.0 Å². The zero-order chi connectivity index (χ0) is 17.3. The van der Waals surface area contributed by atoms with Crippen LogP contribution in [0.1, 0.15) is 11.1 Å². The van der Waals surface area contributed by atoms with Gasteiger partial charge in [-0.1, -0.05) is 24.3 Å². The van der Waals surface area contributed by atoms with Crippen LogP contribution in [0, 0.1) is 11.9 Å². The third-order valence-electron chi connectivity index (χ3n) is 3.79. The molecule has 1 atom stereocenters. The van der Waals surface area contributed by atoms with Gasteiger partial charge in [-0.2, -0.15) is 4.39 Å². The Balaban J connectivity index is 2.01. The third-order valence-corrected chi connectivity index (χ3v) is 4.72. The van der Waals surface area contributed by atoms with Gasteiger partial charge in [-0.25, -0.2) is 18.5 Å². The lowest BCUT2D eigenvalue weighted by Gasteiger charge is -2.10. The van der Waals surface area contributed by atoms with E-state index in [1.807, 2.05) is 12.2 Å². The number of nitrogens with two attached hydrogens (primary N) is 1. The van der Waals surface area contributed by atoms with Gasteiger partial charge in [-0.3, -0.25) is 0 Å². The number of allylic oxidation sites excluding steroid dienone is 2. The van der Waals surface area contributed by atoms with Crippen molar-refractivity contribution in [3.8, 4) is 0 Å². The smallest absolute Gasteiger partial charge is 0.238 e. The fourth-order valence-electron chi connectivity index (χ4n) is 2.62. The molecule has 1 heterocycles. The van der Waals surface area contributed by atoms with Gasteiger partial charge < -0.3 is 5.11 Å². The number of benzene rings is 1. The largest absolute Gasteiger partial charge is 0.395 e. The van der Waals surface area contributed by atoms with Gasteiger partial charge in [0.1, 0.15) is 0 Å². The van der Waals surface area contributed by atoms with Crippen molar-refractivity contribution < 1.29 is 17.9 Å². The summed E-state index contributed by atoms with van der Waals surface area (Å²) in [6, 6.07) is 9.04. The molecule has 2 aromatic rings. The first kappa shape index (κ1) is 16.5. The number of nitrogens with zero attached hydrogens (tertiary/aromatic N) is 1. The van der Waals surface area contributed by atoms with Crippen molar-refractivity contribution in [1.82, 2.24) is 4.98 Å². The Hall–Kier alpha value is -2.35. The number of aliphatic hydroxyl groups is 1. The molecule has 1 aliphatic carbocycles. The summed E-state index contributed by atoms with van der Waals surface area (Å²) >= 11 is 0. The second-order valence-corrected chi connectivity index (χ2v) is 7.01. The number of rotatable bonds is 4.